The number of hydrogen-bond donors (Lipinski definition) is 0. The zero-order valence-corrected chi connectivity index (χ0v) is 8.97. The molecule has 0 bridgehead atoms. The Morgan fingerprint density at radius 3 is 2.42 bits per heavy atom. The van der Waals surface area contributed by atoms with E-state index in [0.717, 1.165) is 17.8 Å². The Kier molecular flexibility index (Phi) is 4.11. The van der Waals surface area contributed by atoms with Gasteiger partial charge in [-0.3, -0.25) is 0 Å². The fourth-order valence-corrected chi connectivity index (χ4v) is 2.48. The molecule has 0 saturated heterocycles. The van der Waals surface area contributed by atoms with Gasteiger partial charge in [0.25, 0.3) is 0 Å². The van der Waals surface area contributed by atoms with E-state index in [4.69, 9.17) is 0 Å². The molecule has 72 valence electrons. The summed E-state index contributed by atoms with van der Waals surface area (Å²) in [7, 11) is 0. The Bertz CT molecular complexity index is 115. The third-order valence-corrected chi connectivity index (χ3v) is 3.65. The molecule has 0 amide bonds. The van der Waals surface area contributed by atoms with Crippen LogP contribution < -0.4 is 0 Å². The quantitative estimate of drug-likeness (QED) is 0.541. The number of rotatable bonds is 2. The smallest absolute Gasteiger partial charge is 0.0391 e. The monoisotopic (exact) mass is 168 g/mol. The van der Waals surface area contributed by atoms with Crippen LogP contribution in [0.3, 0.4) is 0 Å². The molecule has 0 radical (unpaired) electrons. The first kappa shape index (κ1) is 10.1. The van der Waals surface area contributed by atoms with E-state index < -0.39 is 0 Å². The normalized spacial score (nSPS) is 32.0. The summed E-state index contributed by atoms with van der Waals surface area (Å²) < 4.78 is 0. The molecular formula is C12H24. The Balaban J connectivity index is 2.34. The van der Waals surface area contributed by atoms with Gasteiger partial charge >= 0.3 is 0 Å². The van der Waals surface area contributed by atoms with Crippen molar-refractivity contribution in [2.45, 2.75) is 59.3 Å². The summed E-state index contributed by atoms with van der Waals surface area (Å²) in [5, 5.41) is 0. The van der Waals surface area contributed by atoms with Gasteiger partial charge in [-0.05, 0) is 24.2 Å². The van der Waals surface area contributed by atoms with Gasteiger partial charge in [-0.15, -0.1) is 0 Å². The molecule has 0 aromatic rings. The third-order valence-electron chi connectivity index (χ3n) is 3.65. The van der Waals surface area contributed by atoms with Crippen molar-refractivity contribution in [2.24, 2.45) is 17.8 Å². The van der Waals surface area contributed by atoms with Crippen LogP contribution in [-0.2, 0) is 0 Å². The largest absolute Gasteiger partial charge is 0.0651 e. The second kappa shape index (κ2) is 4.89. The van der Waals surface area contributed by atoms with Gasteiger partial charge in [-0.1, -0.05) is 52.9 Å². The first-order valence-electron chi connectivity index (χ1n) is 5.74. The van der Waals surface area contributed by atoms with Crippen LogP contribution in [0.5, 0.6) is 0 Å². The van der Waals surface area contributed by atoms with Crippen molar-refractivity contribution >= 4 is 0 Å². The van der Waals surface area contributed by atoms with Gasteiger partial charge in [0.2, 0.25) is 0 Å². The van der Waals surface area contributed by atoms with Gasteiger partial charge in [0.15, 0.2) is 0 Å². The van der Waals surface area contributed by atoms with E-state index in [1.54, 1.807) is 0 Å². The maximum atomic E-state index is 2.39. The summed E-state index contributed by atoms with van der Waals surface area (Å²) >= 11 is 0. The van der Waals surface area contributed by atoms with Crippen molar-refractivity contribution in [2.75, 3.05) is 0 Å². The fourth-order valence-electron chi connectivity index (χ4n) is 2.48. The lowest BCUT2D eigenvalue weighted by molar-refractivity contribution is 0.335. The summed E-state index contributed by atoms with van der Waals surface area (Å²) in [6.45, 7) is 7.12. The van der Waals surface area contributed by atoms with Gasteiger partial charge in [-0.25, -0.2) is 0 Å². The minimum atomic E-state index is 0.917. The zero-order valence-electron chi connectivity index (χ0n) is 8.97. The van der Waals surface area contributed by atoms with Crippen LogP contribution in [0.1, 0.15) is 59.3 Å². The molecule has 12 heavy (non-hydrogen) atoms. The van der Waals surface area contributed by atoms with Crippen LogP contribution in [0.2, 0.25) is 0 Å². The molecule has 0 spiro atoms. The molecule has 0 heterocycles. The summed E-state index contributed by atoms with van der Waals surface area (Å²) in [6, 6.07) is 0. The molecule has 1 aliphatic carbocycles. The van der Waals surface area contributed by atoms with Gasteiger partial charge in [0, 0.05) is 0 Å². The van der Waals surface area contributed by atoms with E-state index in [0.29, 0.717) is 0 Å². The van der Waals surface area contributed by atoms with Gasteiger partial charge in [-0.2, -0.15) is 0 Å². The summed E-state index contributed by atoms with van der Waals surface area (Å²) in [4.78, 5) is 0. The van der Waals surface area contributed by atoms with E-state index >= 15 is 0 Å². The lowest BCUT2D eigenvalue weighted by Crippen LogP contribution is -2.07. The van der Waals surface area contributed by atoms with Gasteiger partial charge in [0.05, 0.1) is 0 Å². The van der Waals surface area contributed by atoms with Crippen molar-refractivity contribution in [3.63, 3.8) is 0 Å². The van der Waals surface area contributed by atoms with Crippen LogP contribution >= 0.6 is 0 Å². The number of hydrogen-bond acceptors (Lipinski definition) is 0. The molecule has 1 rings (SSSR count). The molecule has 1 fully saturated rings. The van der Waals surface area contributed by atoms with Crippen molar-refractivity contribution in [3.05, 3.63) is 0 Å². The Morgan fingerprint density at radius 1 is 1.08 bits per heavy atom. The van der Waals surface area contributed by atoms with Crippen molar-refractivity contribution in [1.82, 2.24) is 0 Å². The highest BCUT2D eigenvalue weighted by atomic mass is 14.2. The molecule has 2 unspecified atom stereocenters. The Hall–Kier alpha value is 0. The zero-order chi connectivity index (χ0) is 8.97. The van der Waals surface area contributed by atoms with E-state index in [1.807, 2.05) is 0 Å². The van der Waals surface area contributed by atoms with Crippen LogP contribution in [0.25, 0.3) is 0 Å². The second-order valence-electron chi connectivity index (χ2n) is 4.79. The summed E-state index contributed by atoms with van der Waals surface area (Å²) in [5.74, 6) is 3.00. The molecule has 0 aliphatic heterocycles. The maximum absolute atomic E-state index is 2.39. The topological polar surface area (TPSA) is 0 Å². The molecule has 2 atom stereocenters. The van der Waals surface area contributed by atoms with E-state index in [1.165, 1.54) is 38.5 Å². The average Bonchev–Trinajstić information content (AvgIpc) is 2.28. The van der Waals surface area contributed by atoms with Crippen molar-refractivity contribution < 1.29 is 0 Å². The SMILES string of the molecule is CCC1CCCC(C(C)C)CC1. The lowest BCUT2D eigenvalue weighted by atomic mass is 9.88. The first-order chi connectivity index (χ1) is 5.74. The lowest BCUT2D eigenvalue weighted by Gasteiger charge is -2.18. The molecule has 0 aromatic heterocycles. The Morgan fingerprint density at radius 2 is 1.83 bits per heavy atom. The highest BCUT2D eigenvalue weighted by molar-refractivity contribution is 4.71. The molecule has 0 N–H and O–H groups in total. The predicted octanol–water partition coefficient (Wildman–Crippen LogP) is 4.25. The first-order valence-corrected chi connectivity index (χ1v) is 5.74. The molecule has 0 aromatic carbocycles. The van der Waals surface area contributed by atoms with Crippen molar-refractivity contribution in [3.8, 4) is 0 Å². The predicted molar refractivity (Wildman–Crippen MR) is 55.2 cm³/mol. The van der Waals surface area contributed by atoms with Crippen LogP contribution in [0, 0.1) is 17.8 Å². The summed E-state index contributed by atoms with van der Waals surface area (Å²) in [6.07, 6.45) is 8.88. The minimum absolute atomic E-state index is 0.917. The molecule has 0 nitrogen and oxygen atoms in total. The van der Waals surface area contributed by atoms with Crippen LogP contribution in [0.15, 0.2) is 0 Å². The highest BCUT2D eigenvalue weighted by Crippen LogP contribution is 2.32. The maximum Gasteiger partial charge on any atom is -0.0391 e. The standard InChI is InChI=1S/C12H24/c1-4-11-6-5-7-12(9-8-11)10(2)3/h10-12H,4-9H2,1-3H3. The van der Waals surface area contributed by atoms with E-state index in [9.17, 15) is 0 Å². The molecule has 1 aliphatic rings. The summed E-state index contributed by atoms with van der Waals surface area (Å²) in [5.41, 5.74) is 0. The minimum Gasteiger partial charge on any atom is -0.0651 e. The van der Waals surface area contributed by atoms with Crippen LogP contribution in [0.4, 0.5) is 0 Å². The third kappa shape index (κ3) is 2.80. The van der Waals surface area contributed by atoms with Gasteiger partial charge < -0.3 is 0 Å². The fraction of sp³-hybridized carbons (Fsp3) is 1.00. The van der Waals surface area contributed by atoms with Crippen LogP contribution in [-0.4, -0.2) is 0 Å². The molecule has 1 saturated carbocycles. The second-order valence-corrected chi connectivity index (χ2v) is 4.79. The van der Waals surface area contributed by atoms with Crippen molar-refractivity contribution in [1.29, 1.82) is 0 Å². The average molecular weight is 168 g/mol. The van der Waals surface area contributed by atoms with Gasteiger partial charge in [0.1, 0.15) is 0 Å². The van der Waals surface area contributed by atoms with E-state index in [-0.39, 0.29) is 0 Å². The molecular weight excluding hydrogens is 144 g/mol. The Labute approximate surface area is 77.7 Å². The van der Waals surface area contributed by atoms with E-state index in [2.05, 4.69) is 20.8 Å². The highest BCUT2D eigenvalue weighted by Gasteiger charge is 2.19. The molecule has 0 heteroatoms.